The normalized spacial score (nSPS) is 26.1. The van der Waals surface area contributed by atoms with Crippen LogP contribution in [0.1, 0.15) is 53.4 Å². The minimum Gasteiger partial charge on any atom is -0.479 e. The lowest BCUT2D eigenvalue weighted by Crippen LogP contribution is -2.39. The molecule has 1 atom stereocenters. The fourth-order valence-electron chi connectivity index (χ4n) is 3.77. The molecular formula is C19H27BrN2O4S. The number of rotatable bonds is 3. The van der Waals surface area contributed by atoms with E-state index in [1.807, 2.05) is 0 Å². The Bertz CT molecular complexity index is 840. The highest BCUT2D eigenvalue weighted by molar-refractivity contribution is 9.10. The highest BCUT2D eigenvalue weighted by atomic mass is 79.9. The first kappa shape index (κ1) is 20.6. The van der Waals surface area contributed by atoms with E-state index in [0.29, 0.717) is 21.8 Å². The quantitative estimate of drug-likeness (QED) is 0.714. The second kappa shape index (κ2) is 7.37. The summed E-state index contributed by atoms with van der Waals surface area (Å²) in [6.45, 7) is 8.35. The second-order valence-electron chi connectivity index (χ2n) is 8.56. The van der Waals surface area contributed by atoms with Crippen LogP contribution >= 0.6 is 15.9 Å². The third-order valence-electron chi connectivity index (χ3n) is 5.53. The zero-order chi connectivity index (χ0) is 20.0. The van der Waals surface area contributed by atoms with Crippen molar-refractivity contribution in [1.29, 1.82) is 0 Å². The molecule has 1 heterocycles. The number of amides is 1. The molecule has 27 heavy (non-hydrogen) atoms. The number of nitrogens with one attached hydrogen (secondary N) is 2. The Morgan fingerprint density at radius 3 is 2.41 bits per heavy atom. The summed E-state index contributed by atoms with van der Waals surface area (Å²) in [5, 5.41) is 2.72. The molecule has 0 spiro atoms. The molecule has 1 aliphatic carbocycles. The molecule has 1 amide bonds. The van der Waals surface area contributed by atoms with Crippen molar-refractivity contribution in [3.63, 3.8) is 0 Å². The topological polar surface area (TPSA) is 84.5 Å². The van der Waals surface area contributed by atoms with Gasteiger partial charge in [0.2, 0.25) is 10.0 Å². The van der Waals surface area contributed by atoms with Crippen LogP contribution in [0.2, 0.25) is 0 Å². The molecule has 1 aromatic carbocycles. The van der Waals surface area contributed by atoms with Gasteiger partial charge in [-0.3, -0.25) is 4.79 Å². The Morgan fingerprint density at radius 2 is 1.81 bits per heavy atom. The molecule has 2 N–H and O–H groups in total. The van der Waals surface area contributed by atoms with Gasteiger partial charge in [-0.15, -0.1) is 0 Å². The number of hydrogen-bond donors (Lipinski definition) is 2. The van der Waals surface area contributed by atoms with Gasteiger partial charge in [0.15, 0.2) is 6.10 Å². The average Bonchev–Trinajstić information content (AvgIpc) is 2.55. The molecule has 0 aromatic heterocycles. The fraction of sp³-hybridized carbons (Fsp3) is 0.632. The van der Waals surface area contributed by atoms with Crippen molar-refractivity contribution in [3.8, 4) is 5.75 Å². The number of halogens is 1. The van der Waals surface area contributed by atoms with Gasteiger partial charge in [-0.25, -0.2) is 13.1 Å². The third-order valence-corrected chi connectivity index (χ3v) is 8.01. The molecule has 8 heteroatoms. The number of anilines is 1. The van der Waals surface area contributed by atoms with Crippen molar-refractivity contribution in [2.45, 2.75) is 70.4 Å². The minimum atomic E-state index is -3.70. The van der Waals surface area contributed by atoms with Crippen LogP contribution in [0.15, 0.2) is 21.5 Å². The second-order valence-corrected chi connectivity index (χ2v) is 11.1. The number of fused-ring (bicyclic) bond motifs is 1. The third kappa shape index (κ3) is 4.49. The Labute approximate surface area is 169 Å². The maximum absolute atomic E-state index is 12.9. The summed E-state index contributed by atoms with van der Waals surface area (Å²) in [6, 6.07) is 2.99. The van der Waals surface area contributed by atoms with Crippen molar-refractivity contribution in [2.75, 3.05) is 5.32 Å². The first-order valence-corrected chi connectivity index (χ1v) is 11.6. The van der Waals surface area contributed by atoms with E-state index in [4.69, 9.17) is 4.74 Å². The van der Waals surface area contributed by atoms with Gasteiger partial charge < -0.3 is 10.1 Å². The Kier molecular flexibility index (Phi) is 5.62. The maximum Gasteiger partial charge on any atom is 0.265 e. The van der Waals surface area contributed by atoms with E-state index in [1.165, 1.54) is 6.07 Å². The van der Waals surface area contributed by atoms with E-state index in [9.17, 15) is 13.2 Å². The fourth-order valence-corrected chi connectivity index (χ4v) is 6.14. The van der Waals surface area contributed by atoms with Gasteiger partial charge in [-0.1, -0.05) is 20.8 Å². The van der Waals surface area contributed by atoms with E-state index in [1.54, 1.807) is 13.0 Å². The summed E-state index contributed by atoms with van der Waals surface area (Å²) in [5.41, 5.74) is 0.721. The lowest BCUT2D eigenvalue weighted by molar-refractivity contribution is -0.122. The number of hydrogen-bond acceptors (Lipinski definition) is 4. The van der Waals surface area contributed by atoms with Crippen LogP contribution in [-0.4, -0.2) is 26.5 Å². The first-order valence-electron chi connectivity index (χ1n) is 9.31. The molecule has 0 bridgehead atoms. The highest BCUT2D eigenvalue weighted by Crippen LogP contribution is 2.39. The van der Waals surface area contributed by atoms with Crippen LogP contribution in [0.25, 0.3) is 0 Å². The van der Waals surface area contributed by atoms with E-state index >= 15 is 0 Å². The van der Waals surface area contributed by atoms with Crippen molar-refractivity contribution >= 4 is 37.5 Å². The average molecular weight is 459 g/mol. The molecule has 6 nitrogen and oxygen atoms in total. The minimum absolute atomic E-state index is 0.0592. The zero-order valence-electron chi connectivity index (χ0n) is 16.1. The number of ether oxygens (including phenoxy) is 1. The smallest absolute Gasteiger partial charge is 0.265 e. The van der Waals surface area contributed by atoms with Gasteiger partial charge in [-0.2, -0.15) is 0 Å². The van der Waals surface area contributed by atoms with E-state index < -0.39 is 16.1 Å². The molecule has 1 aromatic rings. The SMILES string of the molecule is CC1Oc2cc(S(=O)(=O)NC3CCC(C(C)(C)C)CC3)c(Br)cc2NC1=O. The van der Waals surface area contributed by atoms with Crippen LogP contribution in [0, 0.1) is 11.3 Å². The number of carbonyl (C=O) groups excluding carboxylic acids is 1. The van der Waals surface area contributed by atoms with Crippen molar-refractivity contribution in [2.24, 2.45) is 11.3 Å². The number of benzene rings is 1. The van der Waals surface area contributed by atoms with Gasteiger partial charge in [-0.05, 0) is 65.9 Å². The molecular weight excluding hydrogens is 432 g/mol. The summed E-state index contributed by atoms with van der Waals surface area (Å²) in [7, 11) is -3.70. The number of sulfonamides is 1. The van der Waals surface area contributed by atoms with Gasteiger partial charge in [0.1, 0.15) is 10.6 Å². The lowest BCUT2D eigenvalue weighted by atomic mass is 9.71. The van der Waals surface area contributed by atoms with Crippen LogP contribution in [0.4, 0.5) is 5.69 Å². The van der Waals surface area contributed by atoms with Crippen LogP contribution in [0.3, 0.4) is 0 Å². The highest BCUT2D eigenvalue weighted by Gasteiger charge is 2.33. The van der Waals surface area contributed by atoms with Crippen molar-refractivity contribution in [1.82, 2.24) is 4.72 Å². The zero-order valence-corrected chi connectivity index (χ0v) is 18.5. The van der Waals surface area contributed by atoms with Gasteiger partial charge in [0, 0.05) is 16.6 Å². The molecule has 0 saturated heterocycles. The largest absolute Gasteiger partial charge is 0.479 e. The van der Waals surface area contributed by atoms with E-state index in [-0.39, 0.29) is 22.3 Å². The first-order chi connectivity index (χ1) is 12.5. The van der Waals surface area contributed by atoms with Crippen LogP contribution in [0.5, 0.6) is 5.75 Å². The lowest BCUT2D eigenvalue weighted by Gasteiger charge is -2.37. The molecule has 0 radical (unpaired) electrons. The standard InChI is InChI=1S/C19H27BrN2O4S/c1-11-18(23)21-15-9-14(20)17(10-16(15)26-11)27(24,25)22-13-7-5-12(6-8-13)19(2,3)4/h9-13,22H,5-8H2,1-4H3,(H,21,23). The van der Waals surface area contributed by atoms with Gasteiger partial charge in [0.25, 0.3) is 5.91 Å². The van der Waals surface area contributed by atoms with Crippen LogP contribution < -0.4 is 14.8 Å². The van der Waals surface area contributed by atoms with Crippen molar-refractivity contribution in [3.05, 3.63) is 16.6 Å². The van der Waals surface area contributed by atoms with Crippen molar-refractivity contribution < 1.29 is 17.9 Å². The summed E-state index contributed by atoms with van der Waals surface area (Å²) in [6.07, 6.45) is 3.07. The Hall–Kier alpha value is -1.12. The summed E-state index contributed by atoms with van der Waals surface area (Å²) in [4.78, 5) is 11.9. The predicted molar refractivity (Wildman–Crippen MR) is 108 cm³/mol. The van der Waals surface area contributed by atoms with Gasteiger partial charge in [0.05, 0.1) is 5.69 Å². The van der Waals surface area contributed by atoms with E-state index in [2.05, 4.69) is 46.7 Å². The molecule has 1 fully saturated rings. The molecule has 1 unspecified atom stereocenters. The summed E-state index contributed by atoms with van der Waals surface area (Å²) < 4.78 is 34.7. The van der Waals surface area contributed by atoms with Gasteiger partial charge >= 0.3 is 0 Å². The molecule has 3 rings (SSSR count). The van der Waals surface area contributed by atoms with Crippen LogP contribution in [-0.2, 0) is 14.8 Å². The predicted octanol–water partition coefficient (Wildman–Crippen LogP) is 4.05. The summed E-state index contributed by atoms with van der Waals surface area (Å²) in [5.74, 6) is 0.730. The summed E-state index contributed by atoms with van der Waals surface area (Å²) >= 11 is 3.32. The number of carbonyl (C=O) groups is 1. The molecule has 1 aliphatic heterocycles. The maximum atomic E-state index is 12.9. The van der Waals surface area contributed by atoms with E-state index in [0.717, 1.165) is 25.7 Å². The monoisotopic (exact) mass is 458 g/mol. The Morgan fingerprint density at radius 1 is 1.19 bits per heavy atom. The Balaban J connectivity index is 1.76. The molecule has 150 valence electrons. The molecule has 1 saturated carbocycles. The molecule has 2 aliphatic rings.